The van der Waals surface area contributed by atoms with Crippen molar-refractivity contribution in [1.29, 1.82) is 0 Å². The Kier molecular flexibility index (Phi) is 3.27. The first-order valence-corrected chi connectivity index (χ1v) is 5.24. The molecule has 16 heavy (non-hydrogen) atoms. The SMILES string of the molecule is Fc1ccc(Nc2ccnc(Cl)c2)cc1Cl. The predicted molar refractivity (Wildman–Crippen MR) is 63.9 cm³/mol. The van der Waals surface area contributed by atoms with Crippen LogP contribution in [0.5, 0.6) is 0 Å². The van der Waals surface area contributed by atoms with E-state index in [2.05, 4.69) is 10.3 Å². The molecule has 1 N–H and O–H groups in total. The molecule has 0 saturated carbocycles. The third kappa shape index (κ3) is 2.62. The quantitative estimate of drug-likeness (QED) is 0.812. The average molecular weight is 257 g/mol. The highest BCUT2D eigenvalue weighted by Gasteiger charge is 2.01. The van der Waals surface area contributed by atoms with Crippen LogP contribution < -0.4 is 5.32 Å². The van der Waals surface area contributed by atoms with Crippen LogP contribution >= 0.6 is 23.2 Å². The summed E-state index contributed by atoms with van der Waals surface area (Å²) in [5.41, 5.74) is 1.45. The van der Waals surface area contributed by atoms with E-state index in [1.54, 1.807) is 24.4 Å². The van der Waals surface area contributed by atoms with Gasteiger partial charge < -0.3 is 5.32 Å². The van der Waals surface area contributed by atoms with E-state index >= 15 is 0 Å². The van der Waals surface area contributed by atoms with Crippen molar-refractivity contribution in [1.82, 2.24) is 4.98 Å². The van der Waals surface area contributed by atoms with Crippen molar-refractivity contribution in [2.75, 3.05) is 5.32 Å². The Labute approximate surface area is 102 Å². The summed E-state index contributed by atoms with van der Waals surface area (Å²) in [7, 11) is 0. The second-order valence-corrected chi connectivity index (χ2v) is 3.92. The van der Waals surface area contributed by atoms with Gasteiger partial charge in [-0.3, -0.25) is 0 Å². The van der Waals surface area contributed by atoms with Crippen LogP contribution in [0.4, 0.5) is 15.8 Å². The lowest BCUT2D eigenvalue weighted by atomic mass is 10.3. The van der Waals surface area contributed by atoms with Gasteiger partial charge in [-0.2, -0.15) is 0 Å². The molecular formula is C11H7Cl2FN2. The standard InChI is InChI=1S/C11H7Cl2FN2/c12-9-5-7(1-2-10(9)14)16-8-3-4-15-11(13)6-8/h1-6H,(H,15,16). The first-order valence-electron chi connectivity index (χ1n) is 4.49. The normalized spacial score (nSPS) is 10.2. The van der Waals surface area contributed by atoms with E-state index < -0.39 is 5.82 Å². The Bertz CT molecular complexity index is 517. The molecule has 0 bridgehead atoms. The smallest absolute Gasteiger partial charge is 0.141 e. The van der Waals surface area contributed by atoms with Gasteiger partial charge in [0.2, 0.25) is 0 Å². The molecule has 1 aromatic carbocycles. The highest BCUT2D eigenvalue weighted by atomic mass is 35.5. The summed E-state index contributed by atoms with van der Waals surface area (Å²) in [6.45, 7) is 0. The van der Waals surface area contributed by atoms with E-state index in [4.69, 9.17) is 23.2 Å². The van der Waals surface area contributed by atoms with Gasteiger partial charge >= 0.3 is 0 Å². The lowest BCUT2D eigenvalue weighted by Crippen LogP contribution is -1.91. The lowest BCUT2D eigenvalue weighted by molar-refractivity contribution is 0.628. The number of rotatable bonds is 2. The maximum atomic E-state index is 12.9. The maximum Gasteiger partial charge on any atom is 0.141 e. The van der Waals surface area contributed by atoms with Gasteiger partial charge in [0.1, 0.15) is 11.0 Å². The number of hydrogen-bond donors (Lipinski definition) is 1. The molecule has 0 aliphatic rings. The Morgan fingerprint density at radius 1 is 1.06 bits per heavy atom. The van der Waals surface area contributed by atoms with Crippen LogP contribution in [0.3, 0.4) is 0 Å². The van der Waals surface area contributed by atoms with Gasteiger partial charge in [-0.1, -0.05) is 23.2 Å². The van der Waals surface area contributed by atoms with E-state index in [-0.39, 0.29) is 5.02 Å². The van der Waals surface area contributed by atoms with Crippen molar-refractivity contribution in [3.8, 4) is 0 Å². The Balaban J connectivity index is 2.24. The van der Waals surface area contributed by atoms with Crippen molar-refractivity contribution >= 4 is 34.6 Å². The van der Waals surface area contributed by atoms with Crippen molar-refractivity contribution in [3.63, 3.8) is 0 Å². The minimum atomic E-state index is -0.444. The van der Waals surface area contributed by atoms with Gasteiger partial charge in [0.25, 0.3) is 0 Å². The summed E-state index contributed by atoms with van der Waals surface area (Å²) in [5.74, 6) is -0.444. The Morgan fingerprint density at radius 3 is 2.50 bits per heavy atom. The molecule has 0 atom stereocenters. The molecule has 2 rings (SSSR count). The molecule has 2 nitrogen and oxygen atoms in total. The first-order chi connectivity index (χ1) is 7.65. The highest BCUT2D eigenvalue weighted by molar-refractivity contribution is 6.31. The first kappa shape index (κ1) is 11.2. The second kappa shape index (κ2) is 4.68. The molecule has 0 radical (unpaired) electrons. The zero-order valence-corrected chi connectivity index (χ0v) is 9.56. The van der Waals surface area contributed by atoms with Gasteiger partial charge in [0.05, 0.1) is 5.02 Å². The molecule has 0 amide bonds. The van der Waals surface area contributed by atoms with Gasteiger partial charge in [-0.05, 0) is 30.3 Å². The van der Waals surface area contributed by atoms with E-state index in [0.29, 0.717) is 10.8 Å². The zero-order valence-electron chi connectivity index (χ0n) is 8.05. The number of nitrogens with one attached hydrogen (secondary N) is 1. The monoisotopic (exact) mass is 256 g/mol. The number of nitrogens with zero attached hydrogens (tertiary/aromatic N) is 1. The predicted octanol–water partition coefficient (Wildman–Crippen LogP) is 4.27. The van der Waals surface area contributed by atoms with Gasteiger partial charge in [0.15, 0.2) is 0 Å². The van der Waals surface area contributed by atoms with Gasteiger partial charge in [0, 0.05) is 17.6 Å². The van der Waals surface area contributed by atoms with Gasteiger partial charge in [-0.25, -0.2) is 9.37 Å². The lowest BCUT2D eigenvalue weighted by Gasteiger charge is -2.06. The van der Waals surface area contributed by atoms with Crippen LogP contribution in [-0.4, -0.2) is 4.98 Å². The highest BCUT2D eigenvalue weighted by Crippen LogP contribution is 2.23. The summed E-state index contributed by atoms with van der Waals surface area (Å²) in [4.78, 5) is 3.85. The molecule has 0 unspecified atom stereocenters. The fraction of sp³-hybridized carbons (Fsp3) is 0. The molecule has 1 aromatic heterocycles. The van der Waals surface area contributed by atoms with Crippen LogP contribution in [0.1, 0.15) is 0 Å². The van der Waals surface area contributed by atoms with Crippen molar-refractivity contribution in [2.24, 2.45) is 0 Å². The average Bonchev–Trinajstić information content (AvgIpc) is 2.24. The van der Waals surface area contributed by atoms with Crippen LogP contribution in [0.15, 0.2) is 36.5 Å². The molecule has 82 valence electrons. The molecule has 5 heteroatoms. The number of anilines is 2. The molecule has 0 aliphatic carbocycles. The summed E-state index contributed by atoms with van der Waals surface area (Å²) in [6.07, 6.45) is 1.58. The number of halogens is 3. The third-order valence-electron chi connectivity index (χ3n) is 1.93. The third-order valence-corrected chi connectivity index (χ3v) is 2.43. The minimum absolute atomic E-state index is 0.0742. The van der Waals surface area contributed by atoms with Crippen LogP contribution in [-0.2, 0) is 0 Å². The summed E-state index contributed by atoms with van der Waals surface area (Å²) in [5, 5.41) is 3.50. The van der Waals surface area contributed by atoms with Crippen molar-refractivity contribution in [2.45, 2.75) is 0 Å². The van der Waals surface area contributed by atoms with Crippen LogP contribution in [0.2, 0.25) is 10.2 Å². The largest absolute Gasteiger partial charge is 0.355 e. The molecule has 2 aromatic rings. The molecule has 0 spiro atoms. The van der Waals surface area contributed by atoms with E-state index in [9.17, 15) is 4.39 Å². The molecule has 0 fully saturated rings. The fourth-order valence-corrected chi connectivity index (χ4v) is 1.58. The van der Waals surface area contributed by atoms with Crippen LogP contribution in [0.25, 0.3) is 0 Å². The summed E-state index contributed by atoms with van der Waals surface area (Å²) >= 11 is 11.4. The zero-order chi connectivity index (χ0) is 11.5. The van der Waals surface area contributed by atoms with Crippen molar-refractivity contribution < 1.29 is 4.39 Å². The Hall–Kier alpha value is -1.32. The molecule has 0 saturated heterocycles. The molecule has 1 heterocycles. The minimum Gasteiger partial charge on any atom is -0.355 e. The fourth-order valence-electron chi connectivity index (χ4n) is 1.22. The Morgan fingerprint density at radius 2 is 1.81 bits per heavy atom. The second-order valence-electron chi connectivity index (χ2n) is 3.12. The van der Waals surface area contributed by atoms with Gasteiger partial charge in [-0.15, -0.1) is 0 Å². The number of benzene rings is 1. The summed E-state index contributed by atoms with van der Waals surface area (Å²) < 4.78 is 12.9. The van der Waals surface area contributed by atoms with Crippen LogP contribution in [0, 0.1) is 5.82 Å². The topological polar surface area (TPSA) is 24.9 Å². The van der Waals surface area contributed by atoms with E-state index in [0.717, 1.165) is 5.69 Å². The number of pyridine rings is 1. The maximum absolute atomic E-state index is 12.9. The number of hydrogen-bond acceptors (Lipinski definition) is 2. The van der Waals surface area contributed by atoms with E-state index in [1.165, 1.54) is 12.1 Å². The van der Waals surface area contributed by atoms with E-state index in [1.807, 2.05) is 0 Å². The molecular weight excluding hydrogens is 250 g/mol. The van der Waals surface area contributed by atoms with Crippen molar-refractivity contribution in [3.05, 3.63) is 52.5 Å². The summed E-state index contributed by atoms with van der Waals surface area (Å²) in [6, 6.07) is 7.82. The number of aromatic nitrogens is 1. The molecule has 0 aliphatic heterocycles.